The Morgan fingerprint density at radius 1 is 0.921 bits per heavy atom. The molecule has 198 valence electrons. The molecule has 0 bridgehead atoms. The summed E-state index contributed by atoms with van der Waals surface area (Å²) in [7, 11) is 2.97. The van der Waals surface area contributed by atoms with Crippen molar-refractivity contribution in [2.24, 2.45) is 5.10 Å². The minimum atomic E-state index is -0.549. The number of anilines is 1. The van der Waals surface area contributed by atoms with E-state index in [2.05, 4.69) is 21.2 Å². The molecule has 3 aromatic rings. The number of benzene rings is 3. The molecule has 10 nitrogen and oxygen atoms in total. The number of hydrogen-bond donors (Lipinski definition) is 3. The molecule has 3 rings (SSSR count). The second-order valence-corrected chi connectivity index (χ2v) is 7.75. The average Bonchev–Trinajstić information content (AvgIpc) is 2.93. The first-order chi connectivity index (χ1) is 18.4. The molecule has 0 radical (unpaired) electrons. The Hall–Kier alpha value is -4.93. The zero-order valence-corrected chi connectivity index (χ0v) is 20.8. The highest BCUT2D eigenvalue weighted by atomic mass is 19.1. The number of rotatable bonds is 12. The maximum atomic E-state index is 13.7. The van der Waals surface area contributed by atoms with Gasteiger partial charge in [0.1, 0.15) is 11.6 Å². The van der Waals surface area contributed by atoms with E-state index in [1.807, 2.05) is 0 Å². The van der Waals surface area contributed by atoms with Crippen LogP contribution >= 0.6 is 0 Å². The molecule has 38 heavy (non-hydrogen) atoms. The predicted octanol–water partition coefficient (Wildman–Crippen LogP) is 3.13. The van der Waals surface area contributed by atoms with Gasteiger partial charge < -0.3 is 24.8 Å². The van der Waals surface area contributed by atoms with Crippen LogP contribution in [0, 0.1) is 5.82 Å². The summed E-state index contributed by atoms with van der Waals surface area (Å²) in [5.74, 6) is -0.502. The van der Waals surface area contributed by atoms with Crippen LogP contribution in [0.3, 0.4) is 0 Å². The lowest BCUT2D eigenvalue weighted by molar-refractivity contribution is -0.121. The van der Waals surface area contributed by atoms with E-state index < -0.39 is 11.7 Å². The zero-order valence-electron chi connectivity index (χ0n) is 20.8. The minimum absolute atomic E-state index is 0.0320. The van der Waals surface area contributed by atoms with Gasteiger partial charge in [-0.1, -0.05) is 12.1 Å². The second-order valence-electron chi connectivity index (χ2n) is 7.75. The lowest BCUT2D eigenvalue weighted by Crippen LogP contribution is -2.29. The molecule has 0 saturated heterocycles. The van der Waals surface area contributed by atoms with Crippen LogP contribution < -0.4 is 30.3 Å². The molecule has 0 aliphatic rings. The van der Waals surface area contributed by atoms with Crippen LogP contribution in [0.4, 0.5) is 10.1 Å². The van der Waals surface area contributed by atoms with Gasteiger partial charge >= 0.3 is 0 Å². The molecule has 0 aromatic heterocycles. The van der Waals surface area contributed by atoms with E-state index in [4.69, 9.17) is 14.2 Å². The Bertz CT molecular complexity index is 1300. The number of nitrogens with one attached hydrogen (secondary N) is 3. The monoisotopic (exact) mass is 522 g/mol. The molecular formula is C27H27FN4O6. The topological polar surface area (TPSA) is 127 Å². The normalized spacial score (nSPS) is 10.5. The summed E-state index contributed by atoms with van der Waals surface area (Å²) in [5.41, 5.74) is 3.49. The van der Waals surface area contributed by atoms with Crippen LogP contribution in [0.5, 0.6) is 17.2 Å². The third-order valence-electron chi connectivity index (χ3n) is 5.09. The quantitative estimate of drug-likeness (QED) is 0.248. The Kier molecular flexibility index (Phi) is 10.2. The summed E-state index contributed by atoms with van der Waals surface area (Å²) in [5, 5.41) is 9.00. The van der Waals surface area contributed by atoms with Gasteiger partial charge in [-0.05, 0) is 60.2 Å². The summed E-state index contributed by atoms with van der Waals surface area (Å²) in [6.07, 6.45) is 1.44. The van der Waals surface area contributed by atoms with Crippen LogP contribution in [0.1, 0.15) is 22.3 Å². The van der Waals surface area contributed by atoms with Gasteiger partial charge in [-0.15, -0.1) is 0 Å². The van der Waals surface area contributed by atoms with E-state index in [1.165, 1.54) is 38.6 Å². The van der Waals surface area contributed by atoms with E-state index in [-0.39, 0.29) is 37.1 Å². The number of carbonyl (C=O) groups excluding carboxylic acids is 3. The molecule has 0 saturated carbocycles. The van der Waals surface area contributed by atoms with E-state index in [1.54, 1.807) is 48.5 Å². The fraction of sp³-hybridized carbons (Fsp3) is 0.185. The van der Waals surface area contributed by atoms with Gasteiger partial charge in [-0.3, -0.25) is 14.4 Å². The molecular weight excluding hydrogens is 495 g/mol. The van der Waals surface area contributed by atoms with Gasteiger partial charge in [-0.25, -0.2) is 9.82 Å². The molecule has 3 amide bonds. The molecule has 0 fully saturated rings. The largest absolute Gasteiger partial charge is 0.497 e. The van der Waals surface area contributed by atoms with Crippen molar-refractivity contribution >= 4 is 29.6 Å². The Morgan fingerprint density at radius 2 is 1.68 bits per heavy atom. The molecule has 3 aromatic carbocycles. The van der Waals surface area contributed by atoms with Crippen molar-refractivity contribution in [3.63, 3.8) is 0 Å². The zero-order chi connectivity index (χ0) is 27.3. The van der Waals surface area contributed by atoms with E-state index >= 15 is 0 Å². The summed E-state index contributed by atoms with van der Waals surface area (Å²) >= 11 is 0. The summed E-state index contributed by atoms with van der Waals surface area (Å²) in [6.45, 7) is -0.222. The van der Waals surface area contributed by atoms with Gasteiger partial charge in [0, 0.05) is 18.5 Å². The van der Waals surface area contributed by atoms with Crippen molar-refractivity contribution in [3.05, 3.63) is 83.7 Å². The van der Waals surface area contributed by atoms with Crippen LogP contribution in [-0.2, 0) is 9.59 Å². The highest BCUT2D eigenvalue weighted by Gasteiger charge is 2.11. The van der Waals surface area contributed by atoms with Crippen LogP contribution in [0.25, 0.3) is 0 Å². The van der Waals surface area contributed by atoms with Gasteiger partial charge in [-0.2, -0.15) is 5.10 Å². The molecule has 0 aliphatic carbocycles. The number of hydrazone groups is 1. The Labute approximate surface area is 218 Å². The fourth-order valence-electron chi connectivity index (χ4n) is 3.14. The predicted molar refractivity (Wildman–Crippen MR) is 139 cm³/mol. The highest BCUT2D eigenvalue weighted by Crippen LogP contribution is 2.27. The van der Waals surface area contributed by atoms with Crippen molar-refractivity contribution in [1.29, 1.82) is 0 Å². The molecule has 0 heterocycles. The van der Waals surface area contributed by atoms with Crippen molar-refractivity contribution < 1.29 is 33.0 Å². The van der Waals surface area contributed by atoms with E-state index in [0.29, 0.717) is 28.4 Å². The van der Waals surface area contributed by atoms with Crippen molar-refractivity contribution in [3.8, 4) is 17.2 Å². The van der Waals surface area contributed by atoms with Crippen molar-refractivity contribution in [2.45, 2.75) is 6.42 Å². The van der Waals surface area contributed by atoms with Crippen LogP contribution in [-0.4, -0.2) is 51.3 Å². The van der Waals surface area contributed by atoms with Crippen molar-refractivity contribution in [1.82, 2.24) is 10.7 Å². The number of hydrogen-bond acceptors (Lipinski definition) is 7. The number of carbonyl (C=O) groups is 3. The summed E-state index contributed by atoms with van der Waals surface area (Å²) in [4.78, 5) is 36.2. The minimum Gasteiger partial charge on any atom is -0.497 e. The SMILES string of the molecule is COc1ccc(C(=O)NCCC(=O)NN=Cc2ccc(OCC(=O)Nc3ccccc3F)c(OC)c2)cc1. The maximum Gasteiger partial charge on any atom is 0.262 e. The molecule has 0 unspecified atom stereocenters. The number of nitrogens with zero attached hydrogens (tertiary/aromatic N) is 1. The van der Waals surface area contributed by atoms with Gasteiger partial charge in [0.2, 0.25) is 5.91 Å². The molecule has 11 heteroatoms. The Balaban J connectivity index is 1.43. The second kappa shape index (κ2) is 14.0. The third-order valence-corrected chi connectivity index (χ3v) is 5.09. The number of ether oxygens (including phenoxy) is 3. The van der Waals surface area contributed by atoms with E-state index in [0.717, 1.165) is 0 Å². The first-order valence-corrected chi connectivity index (χ1v) is 11.5. The number of halogens is 1. The van der Waals surface area contributed by atoms with E-state index in [9.17, 15) is 18.8 Å². The molecule has 3 N–H and O–H groups in total. The van der Waals surface area contributed by atoms with Gasteiger partial charge in [0.25, 0.3) is 11.8 Å². The lowest BCUT2D eigenvalue weighted by Gasteiger charge is -2.11. The number of methoxy groups -OCH3 is 2. The third kappa shape index (κ3) is 8.33. The standard InChI is InChI=1S/C27H27FN4O6/c1-36-20-10-8-19(9-11-20)27(35)29-14-13-25(33)32-30-16-18-7-12-23(24(15-18)37-2)38-17-26(34)31-22-6-4-3-5-21(22)28/h3-12,15-16H,13-14,17H2,1-2H3,(H,29,35)(H,31,34)(H,32,33). The number of para-hydroxylation sites is 1. The summed E-state index contributed by atoms with van der Waals surface area (Å²) < 4.78 is 29.5. The lowest BCUT2D eigenvalue weighted by atomic mass is 10.2. The highest BCUT2D eigenvalue weighted by molar-refractivity contribution is 5.94. The van der Waals surface area contributed by atoms with Crippen LogP contribution in [0.15, 0.2) is 71.8 Å². The fourth-order valence-corrected chi connectivity index (χ4v) is 3.14. The van der Waals surface area contributed by atoms with Crippen molar-refractivity contribution in [2.75, 3.05) is 32.7 Å². The number of amides is 3. The molecule has 0 atom stereocenters. The summed E-state index contributed by atoms with van der Waals surface area (Å²) in [6, 6.07) is 17.3. The maximum absolute atomic E-state index is 13.7. The average molecular weight is 523 g/mol. The molecule has 0 spiro atoms. The van der Waals surface area contributed by atoms with Gasteiger partial charge in [0.05, 0.1) is 26.1 Å². The molecule has 0 aliphatic heterocycles. The van der Waals surface area contributed by atoms with Gasteiger partial charge in [0.15, 0.2) is 18.1 Å². The smallest absolute Gasteiger partial charge is 0.262 e. The van der Waals surface area contributed by atoms with Crippen LogP contribution in [0.2, 0.25) is 0 Å². The first kappa shape index (κ1) is 27.7. The Morgan fingerprint density at radius 3 is 2.39 bits per heavy atom. The first-order valence-electron chi connectivity index (χ1n) is 11.5.